The van der Waals surface area contributed by atoms with Gasteiger partial charge < -0.3 is 19.7 Å². The average molecular weight is 492 g/mol. The van der Waals surface area contributed by atoms with E-state index in [0.717, 1.165) is 50.3 Å². The Morgan fingerprint density at radius 3 is 2.42 bits per heavy atom. The van der Waals surface area contributed by atoms with Crippen LogP contribution in [0.15, 0.2) is 42.7 Å². The van der Waals surface area contributed by atoms with Gasteiger partial charge in [-0.2, -0.15) is 0 Å². The first-order valence-electron chi connectivity index (χ1n) is 12.4. The molecule has 7 nitrogen and oxygen atoms in total. The summed E-state index contributed by atoms with van der Waals surface area (Å²) in [5.41, 5.74) is 3.11. The van der Waals surface area contributed by atoms with E-state index in [-0.39, 0.29) is 17.7 Å². The van der Waals surface area contributed by atoms with Crippen LogP contribution in [0.2, 0.25) is 0 Å². The molecule has 3 aromatic heterocycles. The molecule has 188 valence electrons. The number of benzene rings is 1. The van der Waals surface area contributed by atoms with Gasteiger partial charge in [-0.1, -0.05) is 6.92 Å². The highest BCUT2D eigenvalue weighted by atomic mass is 19.1. The van der Waals surface area contributed by atoms with Crippen LogP contribution >= 0.6 is 0 Å². The number of pyridine rings is 1. The Morgan fingerprint density at radius 2 is 1.75 bits per heavy atom. The SMILES string of the molecule is CCN1CCN(c2ccc(Nc3ncc(F)c(-c4cc(F)c5cc(C)n(C(C)C)c5c4)n3)nc2)CC1. The maximum absolute atomic E-state index is 15.0. The molecule has 5 rings (SSSR count). The number of rotatable bonds is 6. The molecule has 1 fully saturated rings. The molecule has 1 N–H and O–H groups in total. The van der Waals surface area contributed by atoms with Crippen molar-refractivity contribution in [1.29, 1.82) is 0 Å². The van der Waals surface area contributed by atoms with Crippen molar-refractivity contribution in [3.8, 4) is 11.3 Å². The van der Waals surface area contributed by atoms with E-state index in [0.29, 0.717) is 22.3 Å². The van der Waals surface area contributed by atoms with Crippen molar-refractivity contribution >= 4 is 28.4 Å². The monoisotopic (exact) mass is 491 g/mol. The second kappa shape index (κ2) is 9.81. The second-order valence-electron chi connectivity index (χ2n) is 9.48. The predicted octanol–water partition coefficient (Wildman–Crippen LogP) is 5.55. The summed E-state index contributed by atoms with van der Waals surface area (Å²) in [5, 5.41) is 3.56. The van der Waals surface area contributed by atoms with Crippen LogP contribution in [-0.2, 0) is 0 Å². The van der Waals surface area contributed by atoms with E-state index >= 15 is 0 Å². The minimum Gasteiger partial charge on any atom is -0.368 e. The Balaban J connectivity index is 1.40. The summed E-state index contributed by atoms with van der Waals surface area (Å²) in [6, 6.07) is 8.93. The highest BCUT2D eigenvalue weighted by molar-refractivity contribution is 5.87. The Morgan fingerprint density at radius 1 is 0.972 bits per heavy atom. The van der Waals surface area contributed by atoms with Crippen molar-refractivity contribution in [2.24, 2.45) is 0 Å². The van der Waals surface area contributed by atoms with Gasteiger partial charge in [-0.25, -0.2) is 23.7 Å². The number of fused-ring (bicyclic) bond motifs is 1. The van der Waals surface area contributed by atoms with Crippen molar-refractivity contribution in [3.63, 3.8) is 0 Å². The number of hydrogen-bond acceptors (Lipinski definition) is 6. The molecule has 1 saturated heterocycles. The van der Waals surface area contributed by atoms with Gasteiger partial charge in [0, 0.05) is 48.9 Å². The van der Waals surface area contributed by atoms with E-state index in [9.17, 15) is 8.78 Å². The van der Waals surface area contributed by atoms with Crippen molar-refractivity contribution in [2.75, 3.05) is 42.9 Å². The molecule has 0 saturated carbocycles. The molecule has 0 atom stereocenters. The third-order valence-electron chi connectivity index (χ3n) is 6.81. The number of piperazine rings is 1. The van der Waals surface area contributed by atoms with Gasteiger partial charge in [-0.3, -0.25) is 0 Å². The maximum Gasteiger partial charge on any atom is 0.229 e. The Bertz CT molecular complexity index is 1370. The lowest BCUT2D eigenvalue weighted by Gasteiger charge is -2.35. The normalized spacial score (nSPS) is 14.7. The van der Waals surface area contributed by atoms with E-state index in [1.54, 1.807) is 6.07 Å². The van der Waals surface area contributed by atoms with E-state index in [1.807, 2.05) is 49.7 Å². The molecule has 1 aliphatic heterocycles. The lowest BCUT2D eigenvalue weighted by molar-refractivity contribution is 0.271. The summed E-state index contributed by atoms with van der Waals surface area (Å²) in [4.78, 5) is 17.7. The fraction of sp³-hybridized carbons (Fsp3) is 0.370. The summed E-state index contributed by atoms with van der Waals surface area (Å²) in [7, 11) is 0. The van der Waals surface area contributed by atoms with Crippen molar-refractivity contribution in [1.82, 2.24) is 24.4 Å². The number of anilines is 3. The number of likely N-dealkylation sites (N-methyl/N-ethyl adjacent to an activating group) is 1. The van der Waals surface area contributed by atoms with Gasteiger partial charge in [0.25, 0.3) is 0 Å². The first-order chi connectivity index (χ1) is 17.3. The topological polar surface area (TPSA) is 62.1 Å². The molecule has 4 aromatic rings. The molecule has 1 aromatic carbocycles. The molecule has 0 unspecified atom stereocenters. The molecule has 36 heavy (non-hydrogen) atoms. The number of hydrogen-bond donors (Lipinski definition) is 1. The summed E-state index contributed by atoms with van der Waals surface area (Å²) in [6.45, 7) is 13.3. The standard InChI is InChI=1S/C27H31F2N7/c1-5-34-8-10-35(11-9-34)20-6-7-25(30-15-20)32-27-31-16-23(29)26(33-27)19-13-22(28)21-12-18(4)36(17(2)3)24(21)14-19/h6-7,12-17H,5,8-11H2,1-4H3,(H,30,31,32,33). The summed E-state index contributed by atoms with van der Waals surface area (Å²) in [5.74, 6) is -0.281. The zero-order chi connectivity index (χ0) is 25.4. The molecule has 4 heterocycles. The third-order valence-corrected chi connectivity index (χ3v) is 6.81. The van der Waals surface area contributed by atoms with E-state index < -0.39 is 11.6 Å². The molecule has 0 bridgehead atoms. The Kier molecular flexibility index (Phi) is 6.57. The first-order valence-corrected chi connectivity index (χ1v) is 12.4. The molecular formula is C27H31F2N7. The summed E-state index contributed by atoms with van der Waals surface area (Å²) >= 11 is 0. The highest BCUT2D eigenvalue weighted by Gasteiger charge is 2.18. The minimum atomic E-state index is -0.617. The maximum atomic E-state index is 15.0. The Labute approximate surface area is 209 Å². The van der Waals surface area contributed by atoms with Crippen LogP contribution < -0.4 is 10.2 Å². The number of aryl methyl sites for hydroxylation is 1. The lowest BCUT2D eigenvalue weighted by Crippen LogP contribution is -2.46. The van der Waals surface area contributed by atoms with Gasteiger partial charge in [0.1, 0.15) is 17.3 Å². The van der Waals surface area contributed by atoms with Gasteiger partial charge in [0.05, 0.1) is 23.6 Å². The van der Waals surface area contributed by atoms with Crippen LogP contribution in [0.25, 0.3) is 22.2 Å². The average Bonchev–Trinajstić information content (AvgIpc) is 3.22. The smallest absolute Gasteiger partial charge is 0.229 e. The van der Waals surface area contributed by atoms with Gasteiger partial charge in [0.2, 0.25) is 5.95 Å². The molecule has 0 radical (unpaired) electrons. The minimum absolute atomic E-state index is 0.0351. The summed E-state index contributed by atoms with van der Waals surface area (Å²) in [6.07, 6.45) is 2.92. The van der Waals surface area contributed by atoms with E-state index in [2.05, 4.69) is 37.0 Å². The van der Waals surface area contributed by atoms with E-state index in [1.165, 1.54) is 6.07 Å². The van der Waals surface area contributed by atoms with Gasteiger partial charge in [-0.15, -0.1) is 0 Å². The molecule has 9 heteroatoms. The molecular weight excluding hydrogens is 460 g/mol. The highest BCUT2D eigenvalue weighted by Crippen LogP contribution is 2.32. The molecule has 1 aliphatic rings. The number of nitrogens with zero attached hydrogens (tertiary/aromatic N) is 6. The summed E-state index contributed by atoms with van der Waals surface area (Å²) < 4.78 is 31.8. The predicted molar refractivity (Wildman–Crippen MR) is 140 cm³/mol. The number of halogens is 2. The lowest BCUT2D eigenvalue weighted by atomic mass is 10.1. The zero-order valence-corrected chi connectivity index (χ0v) is 21.1. The van der Waals surface area contributed by atoms with Crippen molar-refractivity contribution in [2.45, 2.75) is 33.7 Å². The Hall–Kier alpha value is -3.59. The molecule has 0 spiro atoms. The number of aromatic nitrogens is 4. The van der Waals surface area contributed by atoms with E-state index in [4.69, 9.17) is 0 Å². The van der Waals surface area contributed by atoms with Gasteiger partial charge in [-0.05, 0) is 57.6 Å². The van der Waals surface area contributed by atoms with Crippen LogP contribution in [0.1, 0.15) is 32.5 Å². The van der Waals surface area contributed by atoms with Crippen molar-refractivity contribution in [3.05, 3.63) is 60.1 Å². The van der Waals surface area contributed by atoms with Gasteiger partial charge >= 0.3 is 0 Å². The molecule has 0 amide bonds. The fourth-order valence-corrected chi connectivity index (χ4v) is 4.95. The third kappa shape index (κ3) is 4.63. The van der Waals surface area contributed by atoms with Crippen molar-refractivity contribution < 1.29 is 8.78 Å². The zero-order valence-electron chi connectivity index (χ0n) is 21.1. The molecule has 0 aliphatic carbocycles. The van der Waals surface area contributed by atoms with Gasteiger partial charge in [0.15, 0.2) is 5.82 Å². The van der Waals surface area contributed by atoms with Crippen LogP contribution in [0.5, 0.6) is 0 Å². The van der Waals surface area contributed by atoms with Crippen LogP contribution in [0.3, 0.4) is 0 Å². The number of nitrogens with one attached hydrogen (secondary N) is 1. The quantitative estimate of drug-likeness (QED) is 0.382. The second-order valence-corrected chi connectivity index (χ2v) is 9.48. The largest absolute Gasteiger partial charge is 0.368 e. The van der Waals surface area contributed by atoms with Crippen LogP contribution in [0.4, 0.5) is 26.2 Å². The van der Waals surface area contributed by atoms with Crippen LogP contribution in [-0.4, -0.2) is 57.1 Å². The first kappa shape index (κ1) is 24.1. The fourth-order valence-electron chi connectivity index (χ4n) is 4.95. The van der Waals surface area contributed by atoms with Crippen LogP contribution in [0, 0.1) is 18.6 Å².